The van der Waals surface area contributed by atoms with Gasteiger partial charge < -0.3 is 15.2 Å². The van der Waals surface area contributed by atoms with E-state index in [1.165, 1.54) is 0 Å². The van der Waals surface area contributed by atoms with E-state index in [2.05, 4.69) is 10.1 Å². The lowest BCUT2D eigenvalue weighted by molar-refractivity contribution is 0.361. The van der Waals surface area contributed by atoms with E-state index in [9.17, 15) is 0 Å². The topological polar surface area (TPSA) is 68.2 Å². The summed E-state index contributed by atoms with van der Waals surface area (Å²) in [6.45, 7) is 4.67. The molecule has 1 aromatic rings. The molecule has 0 amide bonds. The zero-order valence-corrected chi connectivity index (χ0v) is 7.61. The van der Waals surface area contributed by atoms with Gasteiger partial charge in [0.1, 0.15) is 0 Å². The van der Waals surface area contributed by atoms with Crippen LogP contribution in [-0.4, -0.2) is 23.7 Å². The highest BCUT2D eigenvalue weighted by Crippen LogP contribution is 2.11. The lowest BCUT2D eigenvalue weighted by atomic mass is 10.4. The molecule has 0 radical (unpaired) electrons. The Balaban J connectivity index is 2.77. The highest BCUT2D eigenvalue weighted by Gasteiger charge is 2.11. The van der Waals surface area contributed by atoms with Crippen molar-refractivity contribution in [2.45, 2.75) is 19.9 Å². The van der Waals surface area contributed by atoms with Gasteiger partial charge in [0, 0.05) is 13.6 Å². The molecule has 5 heteroatoms. The second kappa shape index (κ2) is 3.53. The molecule has 68 valence electrons. The molecular formula is C7H14N4O. The standard InChI is InChI=1S/C7H14N4O/c1-4-11(3)7-9-6(5(2)8)12-10-7/h5H,4,8H2,1-3H3. The molecule has 1 unspecified atom stereocenters. The summed E-state index contributed by atoms with van der Waals surface area (Å²) in [5.74, 6) is 1.06. The lowest BCUT2D eigenvalue weighted by Gasteiger charge is -2.08. The Labute approximate surface area is 71.5 Å². The van der Waals surface area contributed by atoms with Crippen molar-refractivity contribution < 1.29 is 4.52 Å². The number of hydrogen-bond acceptors (Lipinski definition) is 5. The van der Waals surface area contributed by atoms with Gasteiger partial charge in [-0.2, -0.15) is 4.98 Å². The minimum Gasteiger partial charge on any atom is -0.342 e. The second-order valence-corrected chi connectivity index (χ2v) is 2.74. The first kappa shape index (κ1) is 8.99. The normalized spacial score (nSPS) is 13.0. The summed E-state index contributed by atoms with van der Waals surface area (Å²) < 4.78 is 4.92. The number of aromatic nitrogens is 2. The van der Waals surface area contributed by atoms with Crippen molar-refractivity contribution in [1.82, 2.24) is 10.1 Å². The Hall–Kier alpha value is -1.10. The lowest BCUT2D eigenvalue weighted by Crippen LogP contribution is -2.17. The summed E-state index contributed by atoms with van der Waals surface area (Å²) >= 11 is 0. The molecule has 1 heterocycles. The van der Waals surface area contributed by atoms with Gasteiger partial charge in [-0.25, -0.2) is 0 Å². The van der Waals surface area contributed by atoms with Crippen LogP contribution >= 0.6 is 0 Å². The Morgan fingerprint density at radius 3 is 2.75 bits per heavy atom. The smallest absolute Gasteiger partial charge is 0.265 e. The van der Waals surface area contributed by atoms with Gasteiger partial charge in [0.25, 0.3) is 5.95 Å². The molecule has 1 atom stereocenters. The number of rotatable bonds is 3. The number of anilines is 1. The fourth-order valence-corrected chi connectivity index (χ4v) is 0.708. The molecule has 1 rings (SSSR count). The van der Waals surface area contributed by atoms with Crippen LogP contribution in [0.15, 0.2) is 4.52 Å². The van der Waals surface area contributed by atoms with Gasteiger partial charge in [-0.15, -0.1) is 0 Å². The third kappa shape index (κ3) is 1.73. The van der Waals surface area contributed by atoms with Crippen molar-refractivity contribution in [3.05, 3.63) is 5.89 Å². The van der Waals surface area contributed by atoms with E-state index in [4.69, 9.17) is 10.3 Å². The fourth-order valence-electron chi connectivity index (χ4n) is 0.708. The average Bonchev–Trinajstić information content (AvgIpc) is 2.51. The van der Waals surface area contributed by atoms with Crippen molar-refractivity contribution in [3.63, 3.8) is 0 Å². The van der Waals surface area contributed by atoms with Crippen LogP contribution in [0.3, 0.4) is 0 Å². The quantitative estimate of drug-likeness (QED) is 0.717. The van der Waals surface area contributed by atoms with E-state index < -0.39 is 0 Å². The summed E-state index contributed by atoms with van der Waals surface area (Å²) in [5, 5.41) is 3.77. The van der Waals surface area contributed by atoms with Crippen LogP contribution in [0, 0.1) is 0 Å². The van der Waals surface area contributed by atoms with Gasteiger partial charge in [0.2, 0.25) is 5.89 Å². The first-order valence-corrected chi connectivity index (χ1v) is 3.95. The monoisotopic (exact) mass is 170 g/mol. The van der Waals surface area contributed by atoms with E-state index in [1.54, 1.807) is 0 Å². The van der Waals surface area contributed by atoms with Crippen molar-refractivity contribution in [3.8, 4) is 0 Å². The Kier molecular flexibility index (Phi) is 2.65. The number of nitrogens with two attached hydrogens (primary N) is 1. The first-order valence-electron chi connectivity index (χ1n) is 3.95. The number of nitrogens with zero attached hydrogens (tertiary/aromatic N) is 3. The molecule has 0 fully saturated rings. The number of hydrogen-bond donors (Lipinski definition) is 1. The zero-order chi connectivity index (χ0) is 9.14. The molecule has 5 nitrogen and oxygen atoms in total. The van der Waals surface area contributed by atoms with Gasteiger partial charge in [-0.3, -0.25) is 0 Å². The molecule has 0 bridgehead atoms. The third-order valence-corrected chi connectivity index (χ3v) is 1.64. The van der Waals surface area contributed by atoms with Crippen molar-refractivity contribution >= 4 is 5.95 Å². The molecule has 0 saturated carbocycles. The molecule has 2 N–H and O–H groups in total. The van der Waals surface area contributed by atoms with Gasteiger partial charge in [0.05, 0.1) is 6.04 Å². The first-order chi connectivity index (χ1) is 5.65. The molecule has 12 heavy (non-hydrogen) atoms. The molecule has 0 aromatic carbocycles. The highest BCUT2D eigenvalue weighted by molar-refractivity contribution is 5.25. The van der Waals surface area contributed by atoms with Crippen LogP contribution in [0.1, 0.15) is 25.8 Å². The molecule has 1 aromatic heterocycles. The minimum absolute atomic E-state index is 0.198. The molecule has 0 saturated heterocycles. The summed E-state index contributed by atoms with van der Waals surface area (Å²) in [7, 11) is 1.90. The van der Waals surface area contributed by atoms with Crippen molar-refractivity contribution in [2.24, 2.45) is 5.73 Å². The minimum atomic E-state index is -0.198. The summed E-state index contributed by atoms with van der Waals surface area (Å²) in [4.78, 5) is 5.99. The Morgan fingerprint density at radius 2 is 2.33 bits per heavy atom. The largest absolute Gasteiger partial charge is 0.342 e. The van der Waals surface area contributed by atoms with Gasteiger partial charge in [0.15, 0.2) is 0 Å². The third-order valence-electron chi connectivity index (χ3n) is 1.64. The van der Waals surface area contributed by atoms with Crippen LogP contribution in [0.25, 0.3) is 0 Å². The van der Waals surface area contributed by atoms with E-state index in [0.29, 0.717) is 11.8 Å². The summed E-state index contributed by atoms with van der Waals surface area (Å²) in [6, 6.07) is -0.198. The van der Waals surface area contributed by atoms with Crippen molar-refractivity contribution in [1.29, 1.82) is 0 Å². The average molecular weight is 170 g/mol. The molecule has 0 aliphatic heterocycles. The van der Waals surface area contributed by atoms with E-state index >= 15 is 0 Å². The van der Waals surface area contributed by atoms with Crippen LogP contribution < -0.4 is 10.6 Å². The van der Waals surface area contributed by atoms with Gasteiger partial charge in [-0.05, 0) is 19.0 Å². The maximum Gasteiger partial charge on any atom is 0.265 e. The van der Waals surface area contributed by atoms with Crippen LogP contribution in [0.2, 0.25) is 0 Å². The van der Waals surface area contributed by atoms with Gasteiger partial charge in [-0.1, -0.05) is 0 Å². The van der Waals surface area contributed by atoms with E-state index in [0.717, 1.165) is 6.54 Å². The molecule has 0 spiro atoms. The Morgan fingerprint density at radius 1 is 1.67 bits per heavy atom. The predicted molar refractivity (Wildman–Crippen MR) is 45.8 cm³/mol. The highest BCUT2D eigenvalue weighted by atomic mass is 16.5. The molecular weight excluding hydrogens is 156 g/mol. The van der Waals surface area contributed by atoms with E-state index in [1.807, 2.05) is 25.8 Å². The predicted octanol–water partition coefficient (Wildman–Crippen LogP) is 0.545. The Bertz CT molecular complexity index is 245. The zero-order valence-electron chi connectivity index (χ0n) is 7.61. The fraction of sp³-hybridized carbons (Fsp3) is 0.714. The second-order valence-electron chi connectivity index (χ2n) is 2.74. The SMILES string of the molecule is CCN(C)c1noc(C(C)N)n1. The van der Waals surface area contributed by atoms with Crippen LogP contribution in [0.4, 0.5) is 5.95 Å². The molecule has 0 aliphatic rings. The maximum atomic E-state index is 5.55. The summed E-state index contributed by atoms with van der Waals surface area (Å²) in [6.07, 6.45) is 0. The van der Waals surface area contributed by atoms with Gasteiger partial charge >= 0.3 is 0 Å². The van der Waals surface area contributed by atoms with Crippen LogP contribution in [0.5, 0.6) is 0 Å². The van der Waals surface area contributed by atoms with Crippen LogP contribution in [-0.2, 0) is 0 Å². The van der Waals surface area contributed by atoms with Crippen molar-refractivity contribution in [2.75, 3.05) is 18.5 Å². The summed E-state index contributed by atoms with van der Waals surface area (Å²) in [5.41, 5.74) is 5.55. The van der Waals surface area contributed by atoms with E-state index in [-0.39, 0.29) is 6.04 Å². The maximum absolute atomic E-state index is 5.55. The molecule has 0 aliphatic carbocycles.